The second kappa shape index (κ2) is 10.6. The highest BCUT2D eigenvalue weighted by molar-refractivity contribution is 6.03. The number of carbonyl (C=O) groups is 1. The van der Waals surface area contributed by atoms with Crippen LogP contribution in [-0.2, 0) is 17.6 Å². The summed E-state index contributed by atoms with van der Waals surface area (Å²) in [6.45, 7) is 6.96. The molecule has 1 aliphatic carbocycles. The van der Waals surface area contributed by atoms with Gasteiger partial charge in [-0.1, -0.05) is 57.7 Å². The summed E-state index contributed by atoms with van der Waals surface area (Å²) in [7, 11) is 0. The van der Waals surface area contributed by atoms with Crippen molar-refractivity contribution in [3.8, 4) is 0 Å². The third kappa shape index (κ3) is 5.32. The van der Waals surface area contributed by atoms with Gasteiger partial charge in [-0.3, -0.25) is 14.7 Å². The van der Waals surface area contributed by atoms with E-state index in [1.165, 1.54) is 44.1 Å². The number of carbonyl (C=O) groups excluding carboxylic acids is 1. The quantitative estimate of drug-likeness (QED) is 0.534. The van der Waals surface area contributed by atoms with Crippen LogP contribution >= 0.6 is 0 Å². The van der Waals surface area contributed by atoms with Crippen LogP contribution in [0.15, 0.2) is 24.3 Å². The molecule has 28 heavy (non-hydrogen) atoms. The van der Waals surface area contributed by atoms with Crippen molar-refractivity contribution in [1.82, 2.24) is 9.88 Å². The number of nitrogens with one attached hydrogen (secondary N) is 1. The third-order valence-corrected chi connectivity index (χ3v) is 5.71. The number of hydrogen-bond donors (Lipinski definition) is 1. The van der Waals surface area contributed by atoms with Crippen LogP contribution in [0, 0.1) is 0 Å². The Kier molecular flexibility index (Phi) is 7.84. The zero-order chi connectivity index (χ0) is 19.8. The monoisotopic (exact) mass is 381 g/mol. The molecule has 0 saturated carbocycles. The summed E-state index contributed by atoms with van der Waals surface area (Å²) in [5.74, 6) is 0.110. The maximum Gasteiger partial charge on any atom is 0.238 e. The first-order chi connectivity index (χ1) is 13.7. The van der Waals surface area contributed by atoms with Crippen molar-refractivity contribution in [2.24, 2.45) is 0 Å². The molecule has 1 aromatic heterocycles. The molecule has 1 amide bonds. The number of benzene rings is 1. The van der Waals surface area contributed by atoms with Crippen LogP contribution in [-0.4, -0.2) is 35.4 Å². The van der Waals surface area contributed by atoms with Gasteiger partial charge in [-0.2, -0.15) is 0 Å². The lowest BCUT2D eigenvalue weighted by atomic mass is 10.1. The van der Waals surface area contributed by atoms with Gasteiger partial charge < -0.3 is 5.32 Å². The molecule has 1 aliphatic rings. The van der Waals surface area contributed by atoms with Gasteiger partial charge in [0.15, 0.2) is 0 Å². The predicted molar refractivity (Wildman–Crippen MR) is 118 cm³/mol. The minimum Gasteiger partial charge on any atom is -0.324 e. The summed E-state index contributed by atoms with van der Waals surface area (Å²) in [5, 5.41) is 4.35. The Morgan fingerprint density at radius 1 is 1.04 bits per heavy atom. The number of aryl methyl sites for hydroxylation is 1. The lowest BCUT2D eigenvalue weighted by Gasteiger charge is -2.22. The summed E-state index contributed by atoms with van der Waals surface area (Å²) in [6, 6.07) is 8.18. The molecule has 0 radical (unpaired) electrons. The van der Waals surface area contributed by atoms with Crippen LogP contribution in [0.3, 0.4) is 0 Å². The molecular weight excluding hydrogens is 346 g/mol. The fraction of sp³-hybridized carbons (Fsp3) is 0.583. The molecule has 3 rings (SSSR count). The molecule has 0 bridgehead atoms. The van der Waals surface area contributed by atoms with Crippen LogP contribution in [0.2, 0.25) is 0 Å². The molecular formula is C24H35N3O. The standard InChI is InChI=1S/C24H35N3O/c1-3-5-9-16-27(17-10-6-4-2)18-23(28)26-24-19-12-7-8-14-21(19)25-22-15-11-13-20(22)24/h7-8,12,14H,3-6,9-11,13,15-18H2,1-2H3,(H,25,26,28). The van der Waals surface area contributed by atoms with Gasteiger partial charge >= 0.3 is 0 Å². The molecule has 0 fully saturated rings. The highest BCUT2D eigenvalue weighted by Gasteiger charge is 2.21. The Hall–Kier alpha value is -1.94. The molecule has 152 valence electrons. The number of para-hydroxylation sites is 1. The summed E-state index contributed by atoms with van der Waals surface area (Å²) in [5.41, 5.74) is 4.40. The van der Waals surface area contributed by atoms with Crippen LogP contribution in [0.1, 0.15) is 70.1 Å². The second-order valence-corrected chi connectivity index (χ2v) is 8.02. The van der Waals surface area contributed by atoms with E-state index in [2.05, 4.69) is 30.1 Å². The number of hydrogen-bond acceptors (Lipinski definition) is 3. The zero-order valence-electron chi connectivity index (χ0n) is 17.6. The fourth-order valence-electron chi connectivity index (χ4n) is 4.18. The highest BCUT2D eigenvalue weighted by atomic mass is 16.2. The number of anilines is 1. The van der Waals surface area contributed by atoms with E-state index in [9.17, 15) is 4.79 Å². The molecule has 0 atom stereocenters. The second-order valence-electron chi connectivity index (χ2n) is 8.02. The Balaban J connectivity index is 1.72. The number of pyridine rings is 1. The van der Waals surface area contributed by atoms with Crippen LogP contribution in [0.4, 0.5) is 5.69 Å². The molecule has 4 nitrogen and oxygen atoms in total. The molecule has 0 unspecified atom stereocenters. The molecule has 1 aromatic carbocycles. The number of rotatable bonds is 11. The van der Waals surface area contributed by atoms with Gasteiger partial charge in [0, 0.05) is 11.1 Å². The maximum atomic E-state index is 13.0. The van der Waals surface area contributed by atoms with E-state index in [0.717, 1.165) is 54.6 Å². The number of fused-ring (bicyclic) bond motifs is 2. The van der Waals surface area contributed by atoms with Gasteiger partial charge in [-0.15, -0.1) is 0 Å². The number of nitrogens with zero attached hydrogens (tertiary/aromatic N) is 2. The molecule has 0 saturated heterocycles. The Morgan fingerprint density at radius 2 is 1.75 bits per heavy atom. The zero-order valence-corrected chi connectivity index (χ0v) is 17.6. The van der Waals surface area contributed by atoms with E-state index >= 15 is 0 Å². The van der Waals surface area contributed by atoms with Crippen LogP contribution in [0.5, 0.6) is 0 Å². The summed E-state index contributed by atoms with van der Waals surface area (Å²) in [6.07, 6.45) is 10.4. The van der Waals surface area contributed by atoms with Crippen molar-refractivity contribution < 1.29 is 4.79 Å². The molecule has 0 spiro atoms. The Labute approximate surface area is 169 Å². The topological polar surface area (TPSA) is 45.2 Å². The Morgan fingerprint density at radius 3 is 2.46 bits per heavy atom. The van der Waals surface area contributed by atoms with Gasteiger partial charge in [0.2, 0.25) is 5.91 Å². The van der Waals surface area contributed by atoms with Crippen molar-refractivity contribution in [3.05, 3.63) is 35.5 Å². The van der Waals surface area contributed by atoms with E-state index in [0.29, 0.717) is 6.54 Å². The van der Waals surface area contributed by atoms with E-state index in [1.807, 2.05) is 18.2 Å². The van der Waals surface area contributed by atoms with Gasteiger partial charge in [0.1, 0.15) is 0 Å². The lowest BCUT2D eigenvalue weighted by Crippen LogP contribution is -2.35. The molecule has 4 heteroatoms. The van der Waals surface area contributed by atoms with Gasteiger partial charge in [0.25, 0.3) is 0 Å². The largest absolute Gasteiger partial charge is 0.324 e. The normalized spacial score (nSPS) is 13.2. The van der Waals surface area contributed by atoms with E-state index < -0.39 is 0 Å². The van der Waals surface area contributed by atoms with E-state index in [-0.39, 0.29) is 5.91 Å². The van der Waals surface area contributed by atoms with E-state index in [4.69, 9.17) is 4.98 Å². The van der Waals surface area contributed by atoms with E-state index in [1.54, 1.807) is 0 Å². The average molecular weight is 382 g/mol. The van der Waals surface area contributed by atoms with Gasteiger partial charge in [-0.25, -0.2) is 0 Å². The average Bonchev–Trinajstić information content (AvgIpc) is 3.16. The maximum absolute atomic E-state index is 13.0. The molecule has 1 N–H and O–H groups in total. The highest BCUT2D eigenvalue weighted by Crippen LogP contribution is 2.33. The summed E-state index contributed by atoms with van der Waals surface area (Å²) >= 11 is 0. The first-order valence-electron chi connectivity index (χ1n) is 11.2. The van der Waals surface area contributed by atoms with Crippen LogP contribution in [0.25, 0.3) is 10.9 Å². The lowest BCUT2D eigenvalue weighted by molar-refractivity contribution is -0.117. The van der Waals surface area contributed by atoms with Gasteiger partial charge in [0.05, 0.1) is 17.7 Å². The van der Waals surface area contributed by atoms with Crippen molar-refractivity contribution >= 4 is 22.5 Å². The third-order valence-electron chi connectivity index (χ3n) is 5.71. The van der Waals surface area contributed by atoms with Crippen molar-refractivity contribution in [1.29, 1.82) is 0 Å². The first kappa shape index (κ1) is 20.8. The summed E-state index contributed by atoms with van der Waals surface area (Å²) in [4.78, 5) is 20.1. The Bertz CT molecular complexity index is 777. The van der Waals surface area contributed by atoms with Crippen molar-refractivity contribution in [2.45, 2.75) is 71.6 Å². The summed E-state index contributed by atoms with van der Waals surface area (Å²) < 4.78 is 0. The molecule has 2 aromatic rings. The first-order valence-corrected chi connectivity index (χ1v) is 11.2. The molecule has 1 heterocycles. The number of aromatic nitrogens is 1. The predicted octanol–water partition coefficient (Wildman–Crippen LogP) is 5.34. The minimum absolute atomic E-state index is 0.110. The minimum atomic E-state index is 0.110. The fourth-order valence-corrected chi connectivity index (χ4v) is 4.18. The SMILES string of the molecule is CCCCCN(CCCCC)CC(=O)Nc1c2c(nc3ccccc13)CCC2. The molecule has 0 aliphatic heterocycles. The van der Waals surface area contributed by atoms with Crippen LogP contribution < -0.4 is 5.32 Å². The number of amides is 1. The smallest absolute Gasteiger partial charge is 0.238 e. The van der Waals surface area contributed by atoms with Crippen molar-refractivity contribution in [3.63, 3.8) is 0 Å². The van der Waals surface area contributed by atoms with Crippen molar-refractivity contribution in [2.75, 3.05) is 25.0 Å². The van der Waals surface area contributed by atoms with Gasteiger partial charge in [-0.05, 0) is 56.8 Å². The number of unbranched alkanes of at least 4 members (excludes halogenated alkanes) is 4.